The molecule has 34 heavy (non-hydrogen) atoms. The number of allylic oxidation sites excluding steroid dienone is 1. The van der Waals surface area contributed by atoms with Crippen molar-refractivity contribution in [2.75, 3.05) is 14.2 Å². The molecule has 0 atom stereocenters. The average Bonchev–Trinajstić information content (AvgIpc) is 3.26. The number of ether oxygens (including phenoxy) is 3. The van der Waals surface area contributed by atoms with Crippen molar-refractivity contribution in [3.8, 4) is 23.3 Å². The van der Waals surface area contributed by atoms with Gasteiger partial charge in [0.25, 0.3) is 0 Å². The van der Waals surface area contributed by atoms with Gasteiger partial charge in [-0.25, -0.2) is 4.98 Å². The van der Waals surface area contributed by atoms with Crippen molar-refractivity contribution in [2.45, 2.75) is 6.61 Å². The summed E-state index contributed by atoms with van der Waals surface area (Å²) >= 11 is 14.3. The number of hydrogen-bond acceptors (Lipinski definition) is 5. The maximum Gasteiger partial charge on any atom is 0.174 e. The van der Waals surface area contributed by atoms with E-state index in [0.29, 0.717) is 45.3 Å². The van der Waals surface area contributed by atoms with Gasteiger partial charge in [-0.2, -0.15) is 5.26 Å². The number of methoxy groups -OCH3 is 2. The quantitative estimate of drug-likeness (QED) is 0.179. The lowest BCUT2D eigenvalue weighted by Crippen LogP contribution is -2.00. The first-order valence-corrected chi connectivity index (χ1v) is 11.9. The van der Waals surface area contributed by atoms with Crippen molar-refractivity contribution < 1.29 is 14.2 Å². The van der Waals surface area contributed by atoms with Gasteiger partial charge >= 0.3 is 0 Å². The van der Waals surface area contributed by atoms with Crippen LogP contribution in [0.2, 0.25) is 10.0 Å². The Morgan fingerprint density at radius 3 is 2.62 bits per heavy atom. The molecule has 4 rings (SSSR count). The number of hydrogen-bond donors (Lipinski definition) is 1. The fourth-order valence-corrected chi connectivity index (χ4v) is 4.41. The van der Waals surface area contributed by atoms with E-state index < -0.39 is 0 Å². The predicted molar refractivity (Wildman–Crippen MR) is 143 cm³/mol. The molecule has 1 N–H and O–H groups in total. The van der Waals surface area contributed by atoms with Gasteiger partial charge in [-0.1, -0.05) is 29.3 Å². The van der Waals surface area contributed by atoms with Crippen LogP contribution in [-0.2, 0) is 6.61 Å². The molecule has 0 aliphatic carbocycles. The molecule has 0 saturated carbocycles. The van der Waals surface area contributed by atoms with E-state index in [-0.39, 0.29) is 0 Å². The van der Waals surface area contributed by atoms with Crippen LogP contribution in [0.5, 0.6) is 17.2 Å². The summed E-state index contributed by atoms with van der Waals surface area (Å²) in [6.07, 6.45) is 1.75. The van der Waals surface area contributed by atoms with Crippen LogP contribution in [0.25, 0.3) is 22.7 Å². The molecule has 1 aromatic heterocycles. The molecular weight excluding hydrogens is 588 g/mol. The van der Waals surface area contributed by atoms with Crippen LogP contribution >= 0.6 is 45.8 Å². The SMILES string of the molecule is COc1ccc2nc(/C(C#N)=C\c3cc(I)c(OCc4ccc(Cl)c(Cl)c4)c(OC)c3)[nH]c2c1. The first-order chi connectivity index (χ1) is 16.4. The number of benzene rings is 3. The van der Waals surface area contributed by atoms with E-state index in [2.05, 4.69) is 38.6 Å². The van der Waals surface area contributed by atoms with Gasteiger partial charge < -0.3 is 19.2 Å². The summed E-state index contributed by atoms with van der Waals surface area (Å²) in [5.41, 5.74) is 3.57. The molecule has 3 aromatic carbocycles. The van der Waals surface area contributed by atoms with Crippen molar-refractivity contribution in [2.24, 2.45) is 0 Å². The summed E-state index contributed by atoms with van der Waals surface area (Å²) < 4.78 is 17.7. The molecule has 0 aliphatic rings. The minimum Gasteiger partial charge on any atom is -0.497 e. The van der Waals surface area contributed by atoms with Crippen molar-refractivity contribution in [3.63, 3.8) is 0 Å². The van der Waals surface area contributed by atoms with Gasteiger partial charge in [0.1, 0.15) is 24.3 Å². The molecule has 1 heterocycles. The van der Waals surface area contributed by atoms with Crippen LogP contribution in [0.15, 0.2) is 48.5 Å². The van der Waals surface area contributed by atoms with E-state index in [1.54, 1.807) is 32.4 Å². The lowest BCUT2D eigenvalue weighted by Gasteiger charge is -2.14. The van der Waals surface area contributed by atoms with Gasteiger partial charge in [0, 0.05) is 6.07 Å². The first-order valence-electron chi connectivity index (χ1n) is 10.0. The van der Waals surface area contributed by atoms with Gasteiger partial charge in [-0.15, -0.1) is 0 Å². The molecule has 0 bridgehead atoms. The number of rotatable bonds is 7. The number of nitrogens with zero attached hydrogens (tertiary/aromatic N) is 2. The highest BCUT2D eigenvalue weighted by molar-refractivity contribution is 14.1. The van der Waals surface area contributed by atoms with E-state index in [4.69, 9.17) is 37.4 Å². The fraction of sp³-hybridized carbons (Fsp3) is 0.120. The van der Waals surface area contributed by atoms with Crippen molar-refractivity contribution >= 4 is 68.5 Å². The molecule has 0 fully saturated rings. The Morgan fingerprint density at radius 1 is 1.09 bits per heavy atom. The van der Waals surface area contributed by atoms with Crippen LogP contribution < -0.4 is 14.2 Å². The van der Waals surface area contributed by atoms with Gasteiger partial charge in [0.05, 0.1) is 44.4 Å². The maximum absolute atomic E-state index is 9.79. The normalized spacial score (nSPS) is 11.4. The van der Waals surface area contributed by atoms with Crippen molar-refractivity contribution in [3.05, 3.63) is 79.1 Å². The predicted octanol–water partition coefficient (Wildman–Crippen LogP) is 7.13. The summed E-state index contributed by atoms with van der Waals surface area (Å²) in [6.45, 7) is 0.296. The molecule has 172 valence electrons. The number of aromatic nitrogens is 2. The van der Waals surface area contributed by atoms with Gasteiger partial charge in [0.2, 0.25) is 0 Å². The van der Waals surface area contributed by atoms with E-state index in [1.165, 1.54) is 0 Å². The zero-order chi connectivity index (χ0) is 24.2. The molecule has 6 nitrogen and oxygen atoms in total. The summed E-state index contributed by atoms with van der Waals surface area (Å²) in [4.78, 5) is 7.72. The second kappa shape index (κ2) is 10.6. The second-order valence-electron chi connectivity index (χ2n) is 7.21. The fourth-order valence-electron chi connectivity index (χ4n) is 3.31. The standard InChI is InChI=1S/C25H18Cl2IN3O3/c1-32-17-4-6-21-22(11-17)31-25(30-21)16(12-29)7-15-9-20(28)24(23(10-15)33-2)34-13-14-3-5-18(26)19(27)8-14/h3-11H,13H2,1-2H3,(H,30,31)/b16-7-. The summed E-state index contributed by atoms with van der Waals surface area (Å²) in [6, 6.07) is 16.8. The molecule has 4 aromatic rings. The summed E-state index contributed by atoms with van der Waals surface area (Å²) in [5, 5.41) is 10.7. The molecule has 0 saturated heterocycles. The van der Waals surface area contributed by atoms with E-state index in [0.717, 1.165) is 25.7 Å². The number of nitriles is 1. The third kappa shape index (κ3) is 5.25. The second-order valence-corrected chi connectivity index (χ2v) is 9.19. The van der Waals surface area contributed by atoms with E-state index >= 15 is 0 Å². The number of aromatic amines is 1. The zero-order valence-electron chi connectivity index (χ0n) is 18.2. The van der Waals surface area contributed by atoms with Crippen molar-refractivity contribution in [1.82, 2.24) is 9.97 Å². The van der Waals surface area contributed by atoms with Crippen LogP contribution in [0, 0.1) is 14.9 Å². The molecule has 0 aliphatic heterocycles. The number of H-pyrrole nitrogens is 1. The van der Waals surface area contributed by atoms with Gasteiger partial charge in [-0.05, 0) is 76.2 Å². The summed E-state index contributed by atoms with van der Waals surface area (Å²) in [7, 11) is 3.18. The molecular formula is C25H18Cl2IN3O3. The van der Waals surface area contributed by atoms with E-state index in [9.17, 15) is 5.26 Å². The number of imidazole rings is 1. The van der Waals surface area contributed by atoms with Crippen molar-refractivity contribution in [1.29, 1.82) is 5.26 Å². The summed E-state index contributed by atoms with van der Waals surface area (Å²) in [5.74, 6) is 2.33. The van der Waals surface area contributed by atoms with Crippen LogP contribution in [-0.4, -0.2) is 24.2 Å². The van der Waals surface area contributed by atoms with Gasteiger partial charge in [0.15, 0.2) is 11.5 Å². The minimum absolute atomic E-state index is 0.296. The Hall–Kier alpha value is -2.93. The number of fused-ring (bicyclic) bond motifs is 1. The molecule has 0 unspecified atom stereocenters. The Bertz CT molecular complexity index is 1440. The molecule has 9 heteroatoms. The highest BCUT2D eigenvalue weighted by atomic mass is 127. The highest BCUT2D eigenvalue weighted by Gasteiger charge is 2.14. The minimum atomic E-state index is 0.296. The molecule has 0 spiro atoms. The smallest absolute Gasteiger partial charge is 0.174 e. The Kier molecular flexibility index (Phi) is 7.51. The Morgan fingerprint density at radius 2 is 1.91 bits per heavy atom. The monoisotopic (exact) mass is 605 g/mol. The lowest BCUT2D eigenvalue weighted by molar-refractivity contribution is 0.282. The van der Waals surface area contributed by atoms with Crippen LogP contribution in [0.3, 0.4) is 0 Å². The third-order valence-electron chi connectivity index (χ3n) is 4.99. The lowest BCUT2D eigenvalue weighted by atomic mass is 10.1. The third-order valence-corrected chi connectivity index (χ3v) is 6.53. The topological polar surface area (TPSA) is 80.2 Å². The molecule has 0 radical (unpaired) electrons. The van der Waals surface area contributed by atoms with Crippen LogP contribution in [0.4, 0.5) is 0 Å². The zero-order valence-corrected chi connectivity index (χ0v) is 21.8. The first kappa shape index (κ1) is 24.2. The Balaban J connectivity index is 1.63. The van der Waals surface area contributed by atoms with Crippen LogP contribution in [0.1, 0.15) is 17.0 Å². The Labute approximate surface area is 220 Å². The van der Waals surface area contributed by atoms with E-state index in [1.807, 2.05) is 36.4 Å². The molecule has 0 amide bonds. The largest absolute Gasteiger partial charge is 0.497 e. The van der Waals surface area contributed by atoms with Gasteiger partial charge in [-0.3, -0.25) is 0 Å². The maximum atomic E-state index is 9.79. The highest BCUT2D eigenvalue weighted by Crippen LogP contribution is 2.36. The average molecular weight is 606 g/mol. The number of halogens is 3. The number of nitrogens with one attached hydrogen (secondary N) is 1.